The molecule has 1 aromatic carbocycles. The molecule has 190 valence electrons. The predicted molar refractivity (Wildman–Crippen MR) is 136 cm³/mol. The van der Waals surface area contributed by atoms with Crippen LogP contribution in [0.4, 0.5) is 5.82 Å². The van der Waals surface area contributed by atoms with Crippen LogP contribution in [-0.4, -0.2) is 57.6 Å². The summed E-state index contributed by atoms with van der Waals surface area (Å²) < 4.78 is 31.9. The minimum atomic E-state index is -3.74. The molecule has 11 heteroatoms. The van der Waals surface area contributed by atoms with Crippen molar-refractivity contribution in [2.24, 2.45) is 11.3 Å². The van der Waals surface area contributed by atoms with E-state index in [-0.39, 0.29) is 23.5 Å². The van der Waals surface area contributed by atoms with E-state index in [1.54, 1.807) is 22.8 Å². The molecule has 1 saturated heterocycles. The van der Waals surface area contributed by atoms with Crippen LogP contribution in [0.1, 0.15) is 46.0 Å². The number of nitrogens with zero attached hydrogens (tertiary/aromatic N) is 6. The molecule has 36 heavy (non-hydrogen) atoms. The zero-order chi connectivity index (χ0) is 25.3. The quantitative estimate of drug-likeness (QED) is 0.517. The minimum Gasteiger partial charge on any atom is -0.381 e. The fraction of sp³-hybridized carbons (Fsp3) is 0.520. The second kappa shape index (κ2) is 7.96. The molecule has 3 N–H and O–H groups in total. The first kappa shape index (κ1) is 23.3. The first-order valence-electron chi connectivity index (χ1n) is 12.4. The van der Waals surface area contributed by atoms with Gasteiger partial charge in [-0.25, -0.2) is 27.6 Å². The largest absolute Gasteiger partial charge is 0.381 e. The summed E-state index contributed by atoms with van der Waals surface area (Å²) >= 11 is 0. The van der Waals surface area contributed by atoms with Gasteiger partial charge in [0.25, 0.3) is 0 Å². The highest BCUT2D eigenvalue weighted by atomic mass is 32.2. The van der Waals surface area contributed by atoms with E-state index < -0.39 is 15.6 Å². The normalized spacial score (nSPS) is 27.2. The van der Waals surface area contributed by atoms with Gasteiger partial charge in [0, 0.05) is 31.7 Å². The van der Waals surface area contributed by atoms with Crippen LogP contribution in [0.5, 0.6) is 0 Å². The fourth-order valence-electron chi connectivity index (χ4n) is 6.76. The second-order valence-electron chi connectivity index (χ2n) is 10.9. The van der Waals surface area contributed by atoms with Crippen LogP contribution in [0.3, 0.4) is 0 Å². The monoisotopic (exact) mass is 508 g/mol. The third kappa shape index (κ3) is 3.50. The zero-order valence-corrected chi connectivity index (χ0v) is 21.3. The molecule has 0 amide bonds. The Labute approximate surface area is 212 Å². The van der Waals surface area contributed by atoms with Gasteiger partial charge in [0.05, 0.1) is 28.8 Å². The summed E-state index contributed by atoms with van der Waals surface area (Å²) in [6, 6.07) is 7.87. The Bertz CT molecular complexity index is 1500. The number of rotatable bonds is 6. The van der Waals surface area contributed by atoms with Crippen molar-refractivity contribution < 1.29 is 9.84 Å². The van der Waals surface area contributed by atoms with Gasteiger partial charge in [0.15, 0.2) is 11.5 Å². The molecule has 0 radical (unpaired) electrons. The van der Waals surface area contributed by atoms with Crippen LogP contribution in [-0.2, 0) is 10.0 Å². The van der Waals surface area contributed by atoms with Gasteiger partial charge in [-0.3, -0.25) is 4.90 Å². The Morgan fingerprint density at radius 2 is 2.06 bits per heavy atom. The first-order valence-corrected chi connectivity index (χ1v) is 13.9. The van der Waals surface area contributed by atoms with Gasteiger partial charge in [0.1, 0.15) is 6.33 Å². The minimum absolute atomic E-state index is 0. The SMILES string of the molecule is Cc1ccc(S(=O)(=O)NC23CCCC(C(C)N4CC(C#N)C4)(C2)C3)cc1-c1cnc2c(N)ncnn12.[HH]. The number of hydrogen-bond acceptors (Lipinski definition) is 8. The molecule has 1 unspecified atom stereocenters. The number of fused-ring (bicyclic) bond motifs is 3. The lowest BCUT2D eigenvalue weighted by Crippen LogP contribution is -2.70. The Balaban J connectivity index is 0.00000280. The molecule has 0 spiro atoms. The molecular formula is C25H32N8O2S. The summed E-state index contributed by atoms with van der Waals surface area (Å²) in [5.41, 5.74) is 8.37. The Morgan fingerprint density at radius 1 is 1.28 bits per heavy atom. The lowest BCUT2D eigenvalue weighted by Gasteiger charge is -2.65. The molecule has 2 bridgehead atoms. The number of aromatic nitrogens is 4. The van der Waals surface area contributed by atoms with Crippen molar-refractivity contribution in [2.45, 2.75) is 62.4 Å². The molecule has 1 aliphatic heterocycles. The highest BCUT2D eigenvalue weighted by Crippen LogP contribution is 2.61. The lowest BCUT2D eigenvalue weighted by molar-refractivity contribution is -0.114. The highest BCUT2D eigenvalue weighted by Gasteiger charge is 2.62. The maximum absolute atomic E-state index is 13.6. The Morgan fingerprint density at radius 3 is 2.81 bits per heavy atom. The van der Waals surface area contributed by atoms with Crippen LogP contribution in [0, 0.1) is 29.6 Å². The molecule has 7 rings (SSSR count). The number of anilines is 1. The summed E-state index contributed by atoms with van der Waals surface area (Å²) in [6.07, 6.45) is 7.65. The molecule has 3 aromatic rings. The van der Waals surface area contributed by atoms with E-state index in [1.807, 2.05) is 13.0 Å². The number of sulfonamides is 1. The number of nitriles is 1. The van der Waals surface area contributed by atoms with Gasteiger partial charge in [-0.05, 0) is 62.6 Å². The van der Waals surface area contributed by atoms with Crippen LogP contribution in [0.25, 0.3) is 16.9 Å². The number of benzene rings is 1. The van der Waals surface area contributed by atoms with Crippen molar-refractivity contribution in [3.8, 4) is 17.3 Å². The summed E-state index contributed by atoms with van der Waals surface area (Å²) in [6.45, 7) is 5.82. The van der Waals surface area contributed by atoms with Crippen molar-refractivity contribution in [1.29, 1.82) is 5.26 Å². The van der Waals surface area contributed by atoms with E-state index in [1.165, 1.54) is 6.33 Å². The second-order valence-corrected chi connectivity index (χ2v) is 12.6. The third-order valence-corrected chi connectivity index (χ3v) is 10.3. The number of likely N-dealkylation sites (tertiary alicyclic amines) is 1. The number of nitrogens with one attached hydrogen (secondary N) is 1. The van der Waals surface area contributed by atoms with Gasteiger partial charge in [-0.15, -0.1) is 0 Å². The van der Waals surface area contributed by atoms with Gasteiger partial charge in [0.2, 0.25) is 10.0 Å². The van der Waals surface area contributed by atoms with E-state index in [9.17, 15) is 8.42 Å². The molecular weight excluding hydrogens is 476 g/mol. The standard InChI is InChI=1S/C25H30N8O2S.H2/c1-16-4-5-19(8-20(16)21-10-28-23-22(27)29-15-30-33(21)23)36(34,35)31-25-7-3-6-24(13-25,14-25)17(2)32-11-18(9-26)12-32;/h4-5,8,10,15,17-18,31H,3,6-7,11-14H2,1-2H3,(H2,27,29,30);1H. The van der Waals surface area contributed by atoms with Crippen LogP contribution >= 0.6 is 0 Å². The first-order chi connectivity index (χ1) is 17.2. The summed E-state index contributed by atoms with van der Waals surface area (Å²) in [7, 11) is -3.74. The number of imidazole rings is 1. The number of nitrogens with two attached hydrogens (primary N) is 1. The van der Waals surface area contributed by atoms with Crippen molar-refractivity contribution in [3.63, 3.8) is 0 Å². The third-order valence-electron chi connectivity index (χ3n) is 8.71. The topological polar surface area (TPSA) is 142 Å². The van der Waals surface area contributed by atoms with Crippen molar-refractivity contribution in [2.75, 3.05) is 18.8 Å². The zero-order valence-electron chi connectivity index (χ0n) is 20.5. The van der Waals surface area contributed by atoms with Crippen molar-refractivity contribution >= 4 is 21.5 Å². The van der Waals surface area contributed by atoms with Crippen molar-refractivity contribution in [3.05, 3.63) is 36.3 Å². The summed E-state index contributed by atoms with van der Waals surface area (Å²) in [5.74, 6) is 0.391. The van der Waals surface area contributed by atoms with Gasteiger partial charge in [-0.1, -0.05) is 12.5 Å². The predicted octanol–water partition coefficient (Wildman–Crippen LogP) is 2.75. The Hall–Kier alpha value is -3.07. The maximum Gasteiger partial charge on any atom is 0.241 e. The number of aryl methyl sites for hydroxylation is 1. The molecule has 3 heterocycles. The molecule has 3 aliphatic carbocycles. The molecule has 4 fully saturated rings. The van der Waals surface area contributed by atoms with E-state index in [0.29, 0.717) is 17.4 Å². The van der Waals surface area contributed by atoms with Crippen LogP contribution in [0.15, 0.2) is 35.6 Å². The fourth-order valence-corrected chi connectivity index (χ4v) is 8.21. The molecule has 3 saturated carbocycles. The van der Waals surface area contributed by atoms with Gasteiger partial charge < -0.3 is 5.73 Å². The number of nitrogen functional groups attached to an aromatic ring is 1. The average Bonchev–Trinajstić information content (AvgIpc) is 3.23. The smallest absolute Gasteiger partial charge is 0.241 e. The van der Waals surface area contributed by atoms with E-state index in [2.05, 4.69) is 37.7 Å². The molecule has 2 aromatic heterocycles. The molecule has 1 atom stereocenters. The lowest BCUT2D eigenvalue weighted by atomic mass is 9.47. The van der Waals surface area contributed by atoms with Crippen LogP contribution < -0.4 is 10.5 Å². The summed E-state index contributed by atoms with van der Waals surface area (Å²) in [5, 5.41) is 13.4. The van der Waals surface area contributed by atoms with E-state index in [0.717, 1.165) is 56.3 Å². The van der Waals surface area contributed by atoms with E-state index >= 15 is 0 Å². The van der Waals surface area contributed by atoms with Crippen LogP contribution in [0.2, 0.25) is 0 Å². The van der Waals surface area contributed by atoms with Gasteiger partial charge in [-0.2, -0.15) is 10.4 Å². The average molecular weight is 509 g/mol. The van der Waals surface area contributed by atoms with Crippen molar-refractivity contribution in [1.82, 2.24) is 29.2 Å². The maximum atomic E-state index is 13.6. The van der Waals surface area contributed by atoms with E-state index in [4.69, 9.17) is 11.0 Å². The molecule has 4 aliphatic rings. The molecule has 10 nitrogen and oxygen atoms in total. The van der Waals surface area contributed by atoms with Gasteiger partial charge >= 0.3 is 0 Å². The Kier molecular flexibility index (Phi) is 5.16. The highest BCUT2D eigenvalue weighted by molar-refractivity contribution is 7.89. The number of hydrogen-bond donors (Lipinski definition) is 2. The summed E-state index contributed by atoms with van der Waals surface area (Å²) in [4.78, 5) is 10.9.